The molecule has 1 atom stereocenters. The lowest BCUT2D eigenvalue weighted by Gasteiger charge is -2.21. The summed E-state index contributed by atoms with van der Waals surface area (Å²) in [6.07, 6.45) is 5.02. The van der Waals surface area contributed by atoms with Gasteiger partial charge in [-0.1, -0.05) is 74.5 Å². The Kier molecular flexibility index (Phi) is 4.76. The van der Waals surface area contributed by atoms with Crippen molar-refractivity contribution in [2.45, 2.75) is 45.2 Å². The minimum Gasteiger partial charge on any atom is -0.361 e. The molecule has 0 spiro atoms. The number of aromatic amines is 1. The number of aliphatic imine (C=N–C) groups is 1. The minimum atomic E-state index is -0.107. The number of nitrogens with one attached hydrogen (secondary N) is 1. The molecule has 0 radical (unpaired) electrons. The number of aromatic nitrogens is 4. The molecule has 4 heterocycles. The molecule has 0 saturated carbocycles. The SMILES string of the molecule is CC(C)(C)c1cn2c(n1)C(Cc1c[nH]c3ccccc13)N=C(c1cc(-c3ccccc3)no1)C2. The number of fused-ring (bicyclic) bond motifs is 2. The van der Waals surface area contributed by atoms with Gasteiger partial charge < -0.3 is 14.1 Å². The first kappa shape index (κ1) is 20.7. The molecule has 5 aromatic rings. The van der Waals surface area contributed by atoms with E-state index in [0.717, 1.165) is 40.4 Å². The lowest BCUT2D eigenvalue weighted by Crippen LogP contribution is -2.22. The number of hydrogen-bond acceptors (Lipinski definition) is 4. The molecule has 0 saturated heterocycles. The van der Waals surface area contributed by atoms with Crippen LogP contribution in [0.2, 0.25) is 0 Å². The predicted molar refractivity (Wildman–Crippen MR) is 134 cm³/mol. The minimum absolute atomic E-state index is 0.0391. The molecule has 1 unspecified atom stereocenters. The highest BCUT2D eigenvalue weighted by Crippen LogP contribution is 2.33. The predicted octanol–water partition coefficient (Wildman–Crippen LogP) is 6.10. The molecular formula is C28H27N5O. The topological polar surface area (TPSA) is 72.0 Å². The Hall–Kier alpha value is -3.93. The van der Waals surface area contributed by atoms with Gasteiger partial charge >= 0.3 is 0 Å². The summed E-state index contributed by atoms with van der Waals surface area (Å²) in [5.74, 6) is 1.71. The van der Waals surface area contributed by atoms with Crippen LogP contribution in [0.5, 0.6) is 0 Å². The van der Waals surface area contributed by atoms with Gasteiger partial charge in [-0.15, -0.1) is 0 Å². The average molecular weight is 450 g/mol. The van der Waals surface area contributed by atoms with Crippen molar-refractivity contribution < 1.29 is 4.52 Å². The number of rotatable bonds is 4. The molecule has 0 amide bonds. The number of hydrogen-bond donors (Lipinski definition) is 1. The molecule has 0 aliphatic carbocycles. The summed E-state index contributed by atoms with van der Waals surface area (Å²) >= 11 is 0. The first-order valence-electron chi connectivity index (χ1n) is 11.7. The Balaban J connectivity index is 1.40. The van der Waals surface area contributed by atoms with Crippen LogP contribution in [-0.2, 0) is 18.4 Å². The Morgan fingerprint density at radius 3 is 2.68 bits per heavy atom. The van der Waals surface area contributed by atoms with Crippen LogP contribution in [-0.4, -0.2) is 25.4 Å². The van der Waals surface area contributed by atoms with Crippen LogP contribution in [0.4, 0.5) is 0 Å². The normalized spacial score (nSPS) is 16.0. The Morgan fingerprint density at radius 2 is 1.85 bits per heavy atom. The fraction of sp³-hybridized carbons (Fsp3) is 0.250. The summed E-state index contributed by atoms with van der Waals surface area (Å²) < 4.78 is 8.01. The third kappa shape index (κ3) is 3.65. The fourth-order valence-corrected chi connectivity index (χ4v) is 4.58. The number of imidazole rings is 1. The van der Waals surface area contributed by atoms with Crippen molar-refractivity contribution in [3.63, 3.8) is 0 Å². The molecule has 1 aliphatic heterocycles. The fourth-order valence-electron chi connectivity index (χ4n) is 4.58. The largest absolute Gasteiger partial charge is 0.361 e. The molecule has 1 aliphatic rings. The standard InChI is InChI=1S/C28H27N5O/c1-28(2,3)26-17-33-16-24(25-14-22(32-34-25)18-9-5-4-6-10-18)30-23(27(33)31-26)13-19-15-29-21-12-8-7-11-20(19)21/h4-12,14-15,17,23,29H,13,16H2,1-3H3. The zero-order valence-electron chi connectivity index (χ0n) is 19.6. The third-order valence-electron chi connectivity index (χ3n) is 6.46. The second-order valence-electron chi connectivity index (χ2n) is 9.96. The second-order valence-corrected chi connectivity index (χ2v) is 9.96. The summed E-state index contributed by atoms with van der Waals surface area (Å²) in [6, 6.07) is 20.4. The van der Waals surface area contributed by atoms with Crippen molar-refractivity contribution >= 4 is 16.6 Å². The van der Waals surface area contributed by atoms with Crippen molar-refractivity contribution in [2.75, 3.05) is 0 Å². The van der Waals surface area contributed by atoms with E-state index >= 15 is 0 Å². The molecule has 1 N–H and O–H groups in total. The lowest BCUT2D eigenvalue weighted by atomic mass is 9.93. The van der Waals surface area contributed by atoms with Gasteiger partial charge in [-0.3, -0.25) is 4.99 Å². The van der Waals surface area contributed by atoms with Crippen LogP contribution >= 0.6 is 0 Å². The van der Waals surface area contributed by atoms with E-state index in [2.05, 4.69) is 72.1 Å². The van der Waals surface area contributed by atoms with Gasteiger partial charge in [0, 0.05) is 46.8 Å². The molecule has 3 aromatic heterocycles. The van der Waals surface area contributed by atoms with Crippen molar-refractivity contribution in [2.24, 2.45) is 4.99 Å². The van der Waals surface area contributed by atoms with Gasteiger partial charge in [-0.2, -0.15) is 0 Å². The van der Waals surface area contributed by atoms with Gasteiger partial charge in [0.1, 0.15) is 23.3 Å². The summed E-state index contributed by atoms with van der Waals surface area (Å²) in [5, 5.41) is 5.54. The zero-order valence-corrected chi connectivity index (χ0v) is 19.6. The van der Waals surface area contributed by atoms with Gasteiger partial charge in [-0.05, 0) is 11.6 Å². The highest BCUT2D eigenvalue weighted by atomic mass is 16.5. The number of benzene rings is 2. The van der Waals surface area contributed by atoms with E-state index in [1.807, 2.05) is 36.4 Å². The smallest absolute Gasteiger partial charge is 0.183 e. The maximum Gasteiger partial charge on any atom is 0.183 e. The van der Waals surface area contributed by atoms with Crippen LogP contribution in [0.3, 0.4) is 0 Å². The van der Waals surface area contributed by atoms with Gasteiger partial charge in [0.15, 0.2) is 5.76 Å². The van der Waals surface area contributed by atoms with Crippen molar-refractivity contribution in [1.29, 1.82) is 0 Å². The Labute approximate surface area is 198 Å². The third-order valence-corrected chi connectivity index (χ3v) is 6.46. The van der Waals surface area contributed by atoms with E-state index in [-0.39, 0.29) is 11.5 Å². The van der Waals surface area contributed by atoms with E-state index in [4.69, 9.17) is 14.5 Å². The second kappa shape index (κ2) is 7.83. The summed E-state index contributed by atoms with van der Waals surface area (Å²) in [6.45, 7) is 7.20. The van der Waals surface area contributed by atoms with Gasteiger partial charge in [0.25, 0.3) is 0 Å². The summed E-state index contributed by atoms with van der Waals surface area (Å²) in [5.41, 5.74) is 6.15. The van der Waals surface area contributed by atoms with E-state index in [1.54, 1.807) is 0 Å². The average Bonchev–Trinajstić information content (AvgIpc) is 3.58. The maximum absolute atomic E-state index is 5.78. The van der Waals surface area contributed by atoms with Gasteiger partial charge in [0.05, 0.1) is 12.2 Å². The Morgan fingerprint density at radius 1 is 1.06 bits per heavy atom. The summed E-state index contributed by atoms with van der Waals surface area (Å²) in [4.78, 5) is 13.6. The van der Waals surface area contributed by atoms with Crippen molar-refractivity contribution in [3.8, 4) is 11.3 Å². The van der Waals surface area contributed by atoms with Crippen LogP contribution in [0, 0.1) is 0 Å². The molecule has 34 heavy (non-hydrogen) atoms. The molecule has 6 rings (SSSR count). The van der Waals surface area contributed by atoms with Gasteiger partial charge in [-0.25, -0.2) is 4.98 Å². The van der Waals surface area contributed by atoms with Crippen LogP contribution in [0.15, 0.2) is 82.6 Å². The molecular weight excluding hydrogens is 422 g/mol. The highest BCUT2D eigenvalue weighted by Gasteiger charge is 2.30. The highest BCUT2D eigenvalue weighted by molar-refractivity contribution is 5.99. The zero-order chi connectivity index (χ0) is 23.3. The number of para-hydroxylation sites is 1. The Bertz CT molecular complexity index is 1500. The van der Waals surface area contributed by atoms with Crippen molar-refractivity contribution in [3.05, 3.63) is 95.9 Å². The first-order chi connectivity index (χ1) is 16.5. The number of nitrogens with zero attached hydrogens (tertiary/aromatic N) is 4. The molecule has 6 heteroatoms. The van der Waals surface area contributed by atoms with E-state index < -0.39 is 0 Å². The monoisotopic (exact) mass is 449 g/mol. The van der Waals surface area contributed by atoms with Crippen LogP contribution < -0.4 is 0 Å². The molecule has 0 fully saturated rings. The molecule has 0 bridgehead atoms. The van der Waals surface area contributed by atoms with Crippen LogP contribution in [0.1, 0.15) is 49.7 Å². The molecule has 2 aromatic carbocycles. The molecule has 170 valence electrons. The quantitative estimate of drug-likeness (QED) is 0.360. The van der Waals surface area contributed by atoms with E-state index in [1.165, 1.54) is 10.9 Å². The maximum atomic E-state index is 5.78. The van der Waals surface area contributed by atoms with E-state index in [0.29, 0.717) is 12.3 Å². The lowest BCUT2D eigenvalue weighted by molar-refractivity contribution is 0.412. The number of H-pyrrole nitrogens is 1. The molecule has 6 nitrogen and oxygen atoms in total. The first-order valence-corrected chi connectivity index (χ1v) is 11.7. The van der Waals surface area contributed by atoms with Gasteiger partial charge in [0.2, 0.25) is 0 Å². The van der Waals surface area contributed by atoms with Crippen molar-refractivity contribution in [1.82, 2.24) is 19.7 Å². The summed E-state index contributed by atoms with van der Waals surface area (Å²) in [7, 11) is 0. The van der Waals surface area contributed by atoms with Crippen LogP contribution in [0.25, 0.3) is 22.2 Å². The van der Waals surface area contributed by atoms with E-state index in [9.17, 15) is 0 Å².